The standard InChI is InChI=1S/C25H34O6/c1-4-5-22-30-21-12-18-16-7-6-14-10-15(27)11-19(28)24(14,3)17(16)8-9-23(18,2)25(21,31-22)20(29)13-26/h10-11,16-18,21-22,26,28H,4-9,12-13H2,1-3H3/t16-,17+,18+,21?,22?,23+,24+,25-/m1/s1. The van der Waals surface area contributed by atoms with Crippen LogP contribution in [0.5, 0.6) is 0 Å². The number of hydrogen-bond donors (Lipinski definition) is 2. The van der Waals surface area contributed by atoms with E-state index < -0.39 is 29.3 Å². The third-order valence-electron chi connectivity index (χ3n) is 9.60. The Morgan fingerprint density at radius 3 is 2.71 bits per heavy atom. The Labute approximate surface area is 183 Å². The van der Waals surface area contributed by atoms with Crippen LogP contribution in [0.4, 0.5) is 0 Å². The van der Waals surface area contributed by atoms with Crippen LogP contribution in [0, 0.1) is 28.6 Å². The van der Waals surface area contributed by atoms with Gasteiger partial charge in [0.2, 0.25) is 0 Å². The van der Waals surface area contributed by atoms with E-state index in [0.29, 0.717) is 5.92 Å². The van der Waals surface area contributed by atoms with Crippen LogP contribution >= 0.6 is 0 Å². The largest absolute Gasteiger partial charge is 0.511 e. The van der Waals surface area contributed by atoms with Gasteiger partial charge in [0.15, 0.2) is 23.5 Å². The van der Waals surface area contributed by atoms with E-state index in [-0.39, 0.29) is 35.3 Å². The number of ketones is 2. The lowest BCUT2D eigenvalue weighted by atomic mass is 9.46. The molecule has 0 spiro atoms. The Bertz CT molecular complexity index is 875. The van der Waals surface area contributed by atoms with E-state index in [1.807, 2.05) is 0 Å². The van der Waals surface area contributed by atoms with Gasteiger partial charge in [-0.05, 0) is 69.3 Å². The Balaban J connectivity index is 1.53. The number of fused-ring (bicyclic) bond motifs is 7. The van der Waals surface area contributed by atoms with Gasteiger partial charge in [0.1, 0.15) is 12.4 Å². The van der Waals surface area contributed by atoms with E-state index >= 15 is 0 Å². The predicted molar refractivity (Wildman–Crippen MR) is 113 cm³/mol. The second kappa shape index (κ2) is 7.00. The average molecular weight is 431 g/mol. The van der Waals surface area contributed by atoms with Gasteiger partial charge in [0.05, 0.1) is 6.10 Å². The van der Waals surface area contributed by atoms with Crippen LogP contribution < -0.4 is 0 Å². The highest BCUT2D eigenvalue weighted by molar-refractivity contribution is 6.01. The van der Waals surface area contributed by atoms with Gasteiger partial charge in [0.25, 0.3) is 0 Å². The zero-order valence-corrected chi connectivity index (χ0v) is 18.7. The van der Waals surface area contributed by atoms with Crippen LogP contribution in [0.1, 0.15) is 65.7 Å². The van der Waals surface area contributed by atoms with Crippen molar-refractivity contribution < 1.29 is 29.3 Å². The number of aliphatic hydroxyl groups is 2. The van der Waals surface area contributed by atoms with Crippen LogP contribution in [0.2, 0.25) is 0 Å². The number of carbonyl (C=O) groups excluding carboxylic acids is 2. The number of Topliss-reactive ketones (excluding diaryl/α,β-unsaturated/α-hetero) is 1. The molecule has 2 N–H and O–H groups in total. The molecule has 5 rings (SSSR count). The Morgan fingerprint density at radius 1 is 1.23 bits per heavy atom. The maximum atomic E-state index is 13.2. The van der Waals surface area contributed by atoms with Gasteiger partial charge in [-0.1, -0.05) is 25.8 Å². The predicted octanol–water partition coefficient (Wildman–Crippen LogP) is 3.63. The molecular weight excluding hydrogens is 396 g/mol. The van der Waals surface area contributed by atoms with Gasteiger partial charge < -0.3 is 19.7 Å². The smallest absolute Gasteiger partial charge is 0.193 e. The molecule has 1 saturated heterocycles. The van der Waals surface area contributed by atoms with E-state index in [4.69, 9.17) is 9.47 Å². The second-order valence-electron chi connectivity index (χ2n) is 10.7. The average Bonchev–Trinajstić information content (AvgIpc) is 3.21. The normalized spacial score (nSPS) is 48.3. The van der Waals surface area contributed by atoms with E-state index in [0.717, 1.165) is 50.5 Å². The molecule has 3 saturated carbocycles. The summed E-state index contributed by atoms with van der Waals surface area (Å²) in [5.74, 6) is 0.516. The van der Waals surface area contributed by atoms with Crippen LogP contribution in [0.15, 0.2) is 23.5 Å². The number of allylic oxidation sites excluding steroid dienone is 3. The molecule has 0 aromatic heterocycles. The third kappa shape index (κ3) is 2.56. The molecule has 6 heteroatoms. The summed E-state index contributed by atoms with van der Waals surface area (Å²) in [6.45, 7) is 5.77. The third-order valence-corrected chi connectivity index (χ3v) is 9.60. The van der Waals surface area contributed by atoms with Crippen molar-refractivity contribution in [2.24, 2.45) is 28.6 Å². The summed E-state index contributed by atoms with van der Waals surface area (Å²) in [4.78, 5) is 25.2. The first kappa shape index (κ1) is 21.4. The van der Waals surface area contributed by atoms with Gasteiger partial charge in [-0.3, -0.25) is 9.59 Å². The first-order valence-corrected chi connectivity index (χ1v) is 11.9. The van der Waals surface area contributed by atoms with Gasteiger partial charge in [-0.15, -0.1) is 0 Å². The molecule has 0 bridgehead atoms. The van der Waals surface area contributed by atoms with E-state index in [1.165, 1.54) is 6.08 Å². The van der Waals surface area contributed by atoms with Crippen molar-refractivity contribution >= 4 is 11.6 Å². The molecule has 31 heavy (non-hydrogen) atoms. The van der Waals surface area contributed by atoms with Crippen LogP contribution in [-0.2, 0) is 19.1 Å². The fourth-order valence-electron chi connectivity index (χ4n) is 8.11. The topological polar surface area (TPSA) is 93.1 Å². The number of aliphatic hydroxyl groups excluding tert-OH is 2. The molecule has 0 aromatic carbocycles. The lowest BCUT2D eigenvalue weighted by Crippen LogP contribution is -2.60. The Morgan fingerprint density at radius 2 is 2.00 bits per heavy atom. The van der Waals surface area contributed by atoms with Crippen LogP contribution in [0.3, 0.4) is 0 Å². The summed E-state index contributed by atoms with van der Waals surface area (Å²) >= 11 is 0. The molecule has 4 fully saturated rings. The fourth-order valence-corrected chi connectivity index (χ4v) is 8.11. The SMILES string of the molecule is CCCC1OC2C[C@H]3[C@@H]4CCC5=CC(=O)C=C(O)[C@]5(C)[C@H]4CC[C@]3(C)[C@]2(C(=O)CO)O1. The van der Waals surface area contributed by atoms with Crippen molar-refractivity contribution in [1.82, 2.24) is 0 Å². The van der Waals surface area contributed by atoms with Gasteiger partial charge in [-0.2, -0.15) is 0 Å². The Hall–Kier alpha value is -1.50. The molecule has 5 aliphatic rings. The molecule has 1 heterocycles. The summed E-state index contributed by atoms with van der Waals surface area (Å²) < 4.78 is 12.7. The molecule has 0 radical (unpaired) electrons. The zero-order valence-electron chi connectivity index (χ0n) is 18.7. The number of ether oxygens (including phenoxy) is 2. The quantitative estimate of drug-likeness (QED) is 0.707. The molecule has 8 atom stereocenters. The van der Waals surface area contributed by atoms with Crippen molar-refractivity contribution in [2.45, 2.75) is 83.7 Å². The van der Waals surface area contributed by atoms with Gasteiger partial charge >= 0.3 is 0 Å². The summed E-state index contributed by atoms with van der Waals surface area (Å²) in [5.41, 5.74) is -0.981. The van der Waals surface area contributed by atoms with Crippen molar-refractivity contribution in [3.05, 3.63) is 23.5 Å². The highest BCUT2D eigenvalue weighted by Crippen LogP contribution is 2.70. The highest BCUT2D eigenvalue weighted by Gasteiger charge is 2.74. The molecule has 0 aromatic rings. The molecule has 6 nitrogen and oxygen atoms in total. The lowest BCUT2D eigenvalue weighted by Gasteiger charge is -2.58. The van der Waals surface area contributed by atoms with Crippen molar-refractivity contribution in [3.8, 4) is 0 Å². The van der Waals surface area contributed by atoms with Gasteiger partial charge in [0, 0.05) is 16.9 Å². The molecule has 1 aliphatic heterocycles. The minimum Gasteiger partial charge on any atom is -0.511 e. The fraction of sp³-hybridized carbons (Fsp3) is 0.760. The first-order valence-electron chi connectivity index (χ1n) is 11.9. The summed E-state index contributed by atoms with van der Waals surface area (Å²) in [6.07, 6.45) is 8.07. The molecule has 170 valence electrons. The minimum atomic E-state index is -1.09. The Kier molecular flexibility index (Phi) is 4.82. The monoisotopic (exact) mass is 430 g/mol. The zero-order chi connectivity index (χ0) is 22.2. The van der Waals surface area contributed by atoms with E-state index in [2.05, 4.69) is 20.8 Å². The van der Waals surface area contributed by atoms with E-state index in [9.17, 15) is 19.8 Å². The molecule has 4 aliphatic carbocycles. The molecular formula is C25H34O6. The van der Waals surface area contributed by atoms with Crippen molar-refractivity contribution in [2.75, 3.05) is 6.61 Å². The second-order valence-corrected chi connectivity index (χ2v) is 10.7. The molecule has 2 unspecified atom stereocenters. The molecule has 0 amide bonds. The van der Waals surface area contributed by atoms with E-state index in [1.54, 1.807) is 6.08 Å². The lowest BCUT2D eigenvalue weighted by molar-refractivity contribution is -0.186. The number of rotatable bonds is 4. The van der Waals surface area contributed by atoms with Crippen molar-refractivity contribution in [3.63, 3.8) is 0 Å². The van der Waals surface area contributed by atoms with Crippen molar-refractivity contribution in [1.29, 1.82) is 0 Å². The van der Waals surface area contributed by atoms with Crippen LogP contribution in [-0.4, -0.2) is 46.4 Å². The minimum absolute atomic E-state index is 0.129. The number of carbonyl (C=O) groups is 2. The van der Waals surface area contributed by atoms with Crippen LogP contribution in [0.25, 0.3) is 0 Å². The summed E-state index contributed by atoms with van der Waals surface area (Å²) in [5, 5.41) is 20.8. The number of hydrogen-bond acceptors (Lipinski definition) is 6. The first-order chi connectivity index (χ1) is 14.7. The van der Waals surface area contributed by atoms with Gasteiger partial charge in [-0.25, -0.2) is 0 Å². The maximum absolute atomic E-state index is 13.2. The summed E-state index contributed by atoms with van der Waals surface area (Å²) in [6, 6.07) is 0. The highest BCUT2D eigenvalue weighted by atomic mass is 16.7. The summed E-state index contributed by atoms with van der Waals surface area (Å²) in [7, 11) is 0. The maximum Gasteiger partial charge on any atom is 0.193 e.